The van der Waals surface area contributed by atoms with Gasteiger partial charge in [-0.1, -0.05) is 11.6 Å². The highest BCUT2D eigenvalue weighted by atomic mass is 35.5. The van der Waals surface area contributed by atoms with E-state index in [1.54, 1.807) is 42.6 Å². The van der Waals surface area contributed by atoms with Crippen molar-refractivity contribution in [3.63, 3.8) is 0 Å². The number of amides is 1. The number of carbonyl (C=O) groups excluding carboxylic acids is 1. The molecule has 2 aromatic rings. The summed E-state index contributed by atoms with van der Waals surface area (Å²) in [4.78, 5) is 16.7. The van der Waals surface area contributed by atoms with Gasteiger partial charge in [-0.25, -0.2) is 13.4 Å². The maximum atomic E-state index is 12.8. The standard InChI is InChI=1S/C19H22ClN3O4S/c1-2-27-15-5-7-16(8-6-15)28(25,26)23-12-9-14(10-13-23)19(24)22-18-17(20)4-3-11-21-18/h3-8,11,14H,2,9-10,12-13H2,1H3,(H,21,22,24). The minimum atomic E-state index is -3.60. The number of hydrogen-bond acceptors (Lipinski definition) is 5. The van der Waals surface area contributed by atoms with Crippen LogP contribution in [0.2, 0.25) is 5.02 Å². The van der Waals surface area contributed by atoms with Gasteiger partial charge in [-0.15, -0.1) is 0 Å². The molecule has 1 fully saturated rings. The van der Waals surface area contributed by atoms with E-state index in [1.807, 2.05) is 6.92 Å². The third kappa shape index (κ3) is 4.63. The van der Waals surface area contributed by atoms with Gasteiger partial charge in [0.2, 0.25) is 15.9 Å². The number of rotatable bonds is 6. The quantitative estimate of drug-likeness (QED) is 0.770. The Bertz CT molecular complexity index is 926. The van der Waals surface area contributed by atoms with Gasteiger partial charge in [0.05, 0.1) is 16.5 Å². The zero-order valence-electron chi connectivity index (χ0n) is 15.5. The van der Waals surface area contributed by atoms with Crippen molar-refractivity contribution in [2.75, 3.05) is 25.0 Å². The summed E-state index contributed by atoms with van der Waals surface area (Å²) in [5, 5.41) is 3.09. The van der Waals surface area contributed by atoms with Gasteiger partial charge in [0.1, 0.15) is 5.75 Å². The molecule has 150 valence electrons. The number of aromatic nitrogens is 1. The van der Waals surface area contributed by atoms with Crippen molar-refractivity contribution in [3.8, 4) is 5.75 Å². The van der Waals surface area contributed by atoms with Crippen molar-refractivity contribution >= 4 is 33.3 Å². The van der Waals surface area contributed by atoms with Crippen molar-refractivity contribution < 1.29 is 17.9 Å². The molecular formula is C19H22ClN3O4S. The van der Waals surface area contributed by atoms with E-state index < -0.39 is 10.0 Å². The van der Waals surface area contributed by atoms with E-state index in [-0.39, 0.29) is 29.8 Å². The highest BCUT2D eigenvalue weighted by Crippen LogP contribution is 2.26. The van der Waals surface area contributed by atoms with Crippen LogP contribution in [0.4, 0.5) is 5.82 Å². The average Bonchev–Trinajstić information content (AvgIpc) is 2.70. The second kappa shape index (κ2) is 8.89. The lowest BCUT2D eigenvalue weighted by Crippen LogP contribution is -2.41. The van der Waals surface area contributed by atoms with Crippen molar-refractivity contribution in [2.24, 2.45) is 5.92 Å². The molecule has 0 bridgehead atoms. The molecule has 0 radical (unpaired) electrons. The first-order valence-corrected chi connectivity index (χ1v) is 10.9. The molecule has 9 heteroatoms. The van der Waals surface area contributed by atoms with E-state index in [2.05, 4.69) is 10.3 Å². The van der Waals surface area contributed by atoms with Crippen molar-refractivity contribution in [1.82, 2.24) is 9.29 Å². The Labute approximate surface area is 169 Å². The van der Waals surface area contributed by atoms with Crippen LogP contribution in [0, 0.1) is 5.92 Å². The molecule has 0 atom stereocenters. The van der Waals surface area contributed by atoms with Gasteiger partial charge >= 0.3 is 0 Å². The second-order valence-corrected chi connectivity index (χ2v) is 8.75. The fourth-order valence-corrected chi connectivity index (χ4v) is 4.72. The normalized spacial score (nSPS) is 15.9. The highest BCUT2D eigenvalue weighted by molar-refractivity contribution is 7.89. The molecular weight excluding hydrogens is 402 g/mol. The number of ether oxygens (including phenoxy) is 1. The van der Waals surface area contributed by atoms with Gasteiger partial charge < -0.3 is 10.1 Å². The van der Waals surface area contributed by atoms with Gasteiger partial charge in [0.25, 0.3) is 0 Å². The van der Waals surface area contributed by atoms with Gasteiger partial charge in [0, 0.05) is 25.2 Å². The lowest BCUT2D eigenvalue weighted by molar-refractivity contribution is -0.120. The Morgan fingerprint density at radius 1 is 1.25 bits per heavy atom. The Morgan fingerprint density at radius 3 is 2.54 bits per heavy atom. The summed E-state index contributed by atoms with van der Waals surface area (Å²) < 4.78 is 32.4. The molecule has 3 rings (SSSR count). The summed E-state index contributed by atoms with van der Waals surface area (Å²) in [5.41, 5.74) is 0. The number of nitrogens with zero attached hydrogens (tertiary/aromatic N) is 2. The number of benzene rings is 1. The molecule has 28 heavy (non-hydrogen) atoms. The molecule has 1 saturated heterocycles. The summed E-state index contributed by atoms with van der Waals surface area (Å²) in [6.45, 7) is 2.95. The number of carbonyl (C=O) groups is 1. The van der Waals surface area contributed by atoms with Crippen LogP contribution in [0.15, 0.2) is 47.5 Å². The maximum Gasteiger partial charge on any atom is 0.243 e. The van der Waals surface area contributed by atoms with Crippen LogP contribution in [0.1, 0.15) is 19.8 Å². The topological polar surface area (TPSA) is 88.6 Å². The number of nitrogens with one attached hydrogen (secondary N) is 1. The van der Waals surface area contributed by atoms with Gasteiger partial charge in [-0.2, -0.15) is 4.31 Å². The number of sulfonamides is 1. The summed E-state index contributed by atoms with van der Waals surface area (Å²) in [7, 11) is -3.60. The molecule has 1 aliphatic rings. The Morgan fingerprint density at radius 2 is 1.93 bits per heavy atom. The van der Waals surface area contributed by atoms with Crippen LogP contribution < -0.4 is 10.1 Å². The lowest BCUT2D eigenvalue weighted by atomic mass is 9.97. The van der Waals surface area contributed by atoms with Gasteiger partial charge in [-0.3, -0.25) is 4.79 Å². The van der Waals surface area contributed by atoms with Crippen molar-refractivity contribution in [2.45, 2.75) is 24.7 Å². The molecule has 1 N–H and O–H groups in total. The minimum Gasteiger partial charge on any atom is -0.494 e. The summed E-state index contributed by atoms with van der Waals surface area (Å²) >= 11 is 6.02. The predicted molar refractivity (Wildman–Crippen MR) is 107 cm³/mol. The summed E-state index contributed by atoms with van der Waals surface area (Å²) in [5.74, 6) is 0.465. The SMILES string of the molecule is CCOc1ccc(S(=O)(=O)N2CCC(C(=O)Nc3ncccc3Cl)CC2)cc1. The number of hydrogen-bond donors (Lipinski definition) is 1. The van der Waals surface area contributed by atoms with Crippen LogP contribution in [0.3, 0.4) is 0 Å². The molecule has 1 aromatic heterocycles. The second-order valence-electron chi connectivity index (χ2n) is 6.41. The Kier molecular flexibility index (Phi) is 6.53. The maximum absolute atomic E-state index is 12.8. The predicted octanol–water partition coefficient (Wildman–Crippen LogP) is 3.17. The number of piperidine rings is 1. The van der Waals surface area contributed by atoms with Crippen LogP contribution in [0.5, 0.6) is 5.75 Å². The first-order chi connectivity index (χ1) is 13.4. The fraction of sp³-hybridized carbons (Fsp3) is 0.368. The molecule has 7 nitrogen and oxygen atoms in total. The third-order valence-electron chi connectivity index (χ3n) is 4.60. The molecule has 1 aromatic carbocycles. The lowest BCUT2D eigenvalue weighted by Gasteiger charge is -2.30. The zero-order valence-corrected chi connectivity index (χ0v) is 17.0. The van der Waals surface area contributed by atoms with Crippen molar-refractivity contribution in [3.05, 3.63) is 47.6 Å². The molecule has 0 saturated carbocycles. The molecule has 1 amide bonds. The van der Waals surface area contributed by atoms with E-state index in [4.69, 9.17) is 16.3 Å². The van der Waals surface area contributed by atoms with Crippen LogP contribution in [-0.4, -0.2) is 43.3 Å². The van der Waals surface area contributed by atoms with Gasteiger partial charge in [-0.05, 0) is 56.2 Å². The van der Waals surface area contributed by atoms with E-state index >= 15 is 0 Å². The van der Waals surface area contributed by atoms with Crippen LogP contribution in [0.25, 0.3) is 0 Å². The van der Waals surface area contributed by atoms with Crippen molar-refractivity contribution in [1.29, 1.82) is 0 Å². The smallest absolute Gasteiger partial charge is 0.243 e. The first kappa shape index (κ1) is 20.6. The minimum absolute atomic E-state index is 0.196. The van der Waals surface area contributed by atoms with E-state index in [9.17, 15) is 13.2 Å². The molecule has 0 spiro atoms. The first-order valence-electron chi connectivity index (χ1n) is 9.06. The third-order valence-corrected chi connectivity index (χ3v) is 6.82. The van der Waals surface area contributed by atoms with E-state index in [0.29, 0.717) is 36.0 Å². The van der Waals surface area contributed by atoms with Crippen LogP contribution in [-0.2, 0) is 14.8 Å². The Hall–Kier alpha value is -2.16. The largest absolute Gasteiger partial charge is 0.494 e. The molecule has 0 unspecified atom stereocenters. The summed E-state index contributed by atoms with van der Waals surface area (Å²) in [6, 6.07) is 9.71. The highest BCUT2D eigenvalue weighted by Gasteiger charge is 2.32. The Balaban J connectivity index is 1.61. The number of pyridine rings is 1. The zero-order chi connectivity index (χ0) is 20.1. The van der Waals surface area contributed by atoms with Gasteiger partial charge in [0.15, 0.2) is 5.82 Å². The fourth-order valence-electron chi connectivity index (χ4n) is 3.08. The number of halogens is 1. The molecule has 2 heterocycles. The average molecular weight is 424 g/mol. The van der Waals surface area contributed by atoms with E-state index in [1.165, 1.54) is 4.31 Å². The van der Waals surface area contributed by atoms with Crippen LogP contribution >= 0.6 is 11.6 Å². The molecule has 0 aliphatic carbocycles. The number of anilines is 1. The van der Waals surface area contributed by atoms with E-state index in [0.717, 1.165) is 0 Å². The monoisotopic (exact) mass is 423 g/mol. The molecule has 1 aliphatic heterocycles. The summed E-state index contributed by atoms with van der Waals surface area (Å²) in [6.07, 6.45) is 2.42.